The SMILES string of the molecule is Cc1nn(-c2ccccc2)c(C)c1C(=O)OCC(=O)NC(=O)Cc1ccccc1. The van der Waals surface area contributed by atoms with E-state index in [1.165, 1.54) is 0 Å². The molecule has 148 valence electrons. The predicted molar refractivity (Wildman–Crippen MR) is 107 cm³/mol. The first kappa shape index (κ1) is 20.0. The van der Waals surface area contributed by atoms with Crippen molar-refractivity contribution >= 4 is 17.8 Å². The lowest BCUT2D eigenvalue weighted by molar-refractivity contribution is -0.132. The summed E-state index contributed by atoms with van der Waals surface area (Å²) in [6.07, 6.45) is 0.0720. The number of hydrogen-bond donors (Lipinski definition) is 1. The van der Waals surface area contributed by atoms with Crippen LogP contribution in [0.2, 0.25) is 0 Å². The third-order valence-electron chi connectivity index (χ3n) is 4.32. The second-order valence-electron chi connectivity index (χ2n) is 6.50. The molecule has 0 atom stereocenters. The van der Waals surface area contributed by atoms with Gasteiger partial charge in [0.15, 0.2) is 6.61 Å². The fourth-order valence-electron chi connectivity index (χ4n) is 2.98. The van der Waals surface area contributed by atoms with Gasteiger partial charge in [0.2, 0.25) is 5.91 Å². The van der Waals surface area contributed by atoms with Crippen LogP contribution in [-0.4, -0.2) is 34.2 Å². The standard InChI is InChI=1S/C22H21N3O4/c1-15-21(16(2)25(24-15)18-11-7-4-8-12-18)22(28)29-14-20(27)23-19(26)13-17-9-5-3-6-10-17/h3-12H,13-14H2,1-2H3,(H,23,26,27). The number of carbonyl (C=O) groups is 3. The summed E-state index contributed by atoms with van der Waals surface area (Å²) < 4.78 is 6.74. The maximum absolute atomic E-state index is 12.5. The van der Waals surface area contributed by atoms with E-state index in [2.05, 4.69) is 10.4 Å². The van der Waals surface area contributed by atoms with Crippen molar-refractivity contribution in [2.24, 2.45) is 0 Å². The highest BCUT2D eigenvalue weighted by Gasteiger charge is 2.22. The van der Waals surface area contributed by atoms with Crippen LogP contribution in [0.5, 0.6) is 0 Å². The van der Waals surface area contributed by atoms with Crippen LogP contribution in [0.1, 0.15) is 27.3 Å². The molecule has 0 spiro atoms. The lowest BCUT2D eigenvalue weighted by Crippen LogP contribution is -2.35. The summed E-state index contributed by atoms with van der Waals surface area (Å²) in [4.78, 5) is 36.3. The zero-order valence-corrected chi connectivity index (χ0v) is 16.2. The molecule has 0 saturated carbocycles. The Hall–Kier alpha value is -3.74. The Kier molecular flexibility index (Phi) is 6.19. The number of esters is 1. The molecule has 0 fully saturated rings. The van der Waals surface area contributed by atoms with Gasteiger partial charge in [-0.1, -0.05) is 48.5 Å². The first-order chi connectivity index (χ1) is 14.0. The summed E-state index contributed by atoms with van der Waals surface area (Å²) in [6.45, 7) is 2.91. The number of ether oxygens (including phenoxy) is 1. The number of para-hydroxylation sites is 1. The Balaban J connectivity index is 1.59. The number of amides is 2. The molecule has 0 radical (unpaired) electrons. The lowest BCUT2D eigenvalue weighted by atomic mass is 10.1. The maximum atomic E-state index is 12.5. The van der Waals surface area contributed by atoms with Gasteiger partial charge in [-0.15, -0.1) is 0 Å². The van der Waals surface area contributed by atoms with Crippen LogP contribution >= 0.6 is 0 Å². The number of carbonyl (C=O) groups excluding carboxylic acids is 3. The second kappa shape index (κ2) is 8.97. The number of rotatable bonds is 6. The van der Waals surface area contributed by atoms with Gasteiger partial charge < -0.3 is 4.74 Å². The molecule has 2 amide bonds. The van der Waals surface area contributed by atoms with Crippen molar-refractivity contribution in [3.05, 3.63) is 83.2 Å². The minimum atomic E-state index is -0.676. The topological polar surface area (TPSA) is 90.3 Å². The quantitative estimate of drug-likeness (QED) is 0.652. The van der Waals surface area contributed by atoms with E-state index in [4.69, 9.17) is 4.74 Å². The fraction of sp³-hybridized carbons (Fsp3) is 0.182. The largest absolute Gasteiger partial charge is 0.452 e. The average Bonchev–Trinajstić information content (AvgIpc) is 3.01. The third-order valence-corrected chi connectivity index (χ3v) is 4.32. The zero-order chi connectivity index (χ0) is 20.8. The molecule has 0 bridgehead atoms. The molecule has 1 N–H and O–H groups in total. The van der Waals surface area contributed by atoms with Gasteiger partial charge in [0, 0.05) is 0 Å². The molecule has 3 aromatic rings. The van der Waals surface area contributed by atoms with Crippen molar-refractivity contribution in [3.8, 4) is 5.69 Å². The van der Waals surface area contributed by atoms with Gasteiger partial charge in [0.1, 0.15) is 5.56 Å². The van der Waals surface area contributed by atoms with E-state index in [-0.39, 0.29) is 6.42 Å². The van der Waals surface area contributed by atoms with E-state index in [1.54, 1.807) is 30.7 Å². The molecule has 0 aliphatic carbocycles. The number of nitrogens with zero attached hydrogens (tertiary/aromatic N) is 2. The minimum absolute atomic E-state index is 0.0720. The lowest BCUT2D eigenvalue weighted by Gasteiger charge is -2.07. The number of nitrogens with one attached hydrogen (secondary N) is 1. The van der Waals surface area contributed by atoms with E-state index in [0.717, 1.165) is 11.3 Å². The summed E-state index contributed by atoms with van der Waals surface area (Å²) in [7, 11) is 0. The predicted octanol–water partition coefficient (Wildman–Crippen LogP) is 2.53. The van der Waals surface area contributed by atoms with Gasteiger partial charge in [0.05, 0.1) is 23.5 Å². The van der Waals surface area contributed by atoms with Crippen molar-refractivity contribution in [3.63, 3.8) is 0 Å². The number of aromatic nitrogens is 2. The van der Waals surface area contributed by atoms with Gasteiger partial charge in [-0.2, -0.15) is 5.10 Å². The highest BCUT2D eigenvalue weighted by molar-refractivity contribution is 5.98. The molecule has 2 aromatic carbocycles. The molecule has 29 heavy (non-hydrogen) atoms. The Morgan fingerprint density at radius 1 is 0.931 bits per heavy atom. The van der Waals surface area contributed by atoms with Crippen LogP contribution in [0.3, 0.4) is 0 Å². The van der Waals surface area contributed by atoms with Crippen molar-refractivity contribution in [2.45, 2.75) is 20.3 Å². The summed E-state index contributed by atoms with van der Waals surface area (Å²) in [6, 6.07) is 18.4. The van der Waals surface area contributed by atoms with Crippen molar-refractivity contribution in [1.29, 1.82) is 0 Å². The Bertz CT molecular complexity index is 1030. The van der Waals surface area contributed by atoms with Crippen LogP contribution in [0.25, 0.3) is 5.69 Å². The molecule has 7 nitrogen and oxygen atoms in total. The summed E-state index contributed by atoms with van der Waals surface area (Å²) in [5.74, 6) is -1.79. The van der Waals surface area contributed by atoms with E-state index in [0.29, 0.717) is 17.0 Å². The molecule has 0 aliphatic rings. The Morgan fingerprint density at radius 3 is 2.21 bits per heavy atom. The second-order valence-corrected chi connectivity index (χ2v) is 6.50. The monoisotopic (exact) mass is 391 g/mol. The summed E-state index contributed by atoms with van der Waals surface area (Å²) in [5.41, 5.74) is 3.01. The smallest absolute Gasteiger partial charge is 0.342 e. The van der Waals surface area contributed by atoms with Crippen LogP contribution in [0.4, 0.5) is 0 Å². The van der Waals surface area contributed by atoms with E-state index in [1.807, 2.05) is 48.5 Å². The molecular formula is C22H21N3O4. The van der Waals surface area contributed by atoms with Gasteiger partial charge >= 0.3 is 5.97 Å². The van der Waals surface area contributed by atoms with Crippen molar-refractivity contribution in [2.75, 3.05) is 6.61 Å². The molecule has 3 rings (SSSR count). The van der Waals surface area contributed by atoms with Crippen LogP contribution in [0.15, 0.2) is 60.7 Å². The third kappa shape index (κ3) is 4.95. The number of hydrogen-bond acceptors (Lipinski definition) is 5. The number of benzene rings is 2. The van der Waals surface area contributed by atoms with Gasteiger partial charge in [-0.05, 0) is 31.5 Å². The first-order valence-electron chi connectivity index (χ1n) is 9.11. The minimum Gasteiger partial charge on any atom is -0.452 e. The van der Waals surface area contributed by atoms with E-state index < -0.39 is 24.4 Å². The fourth-order valence-corrected chi connectivity index (χ4v) is 2.98. The zero-order valence-electron chi connectivity index (χ0n) is 16.2. The van der Waals surface area contributed by atoms with E-state index >= 15 is 0 Å². The summed E-state index contributed by atoms with van der Waals surface area (Å²) >= 11 is 0. The van der Waals surface area contributed by atoms with Crippen LogP contribution in [0, 0.1) is 13.8 Å². The molecule has 0 unspecified atom stereocenters. The molecule has 0 aliphatic heterocycles. The highest BCUT2D eigenvalue weighted by Crippen LogP contribution is 2.18. The average molecular weight is 391 g/mol. The Labute approximate surface area is 168 Å². The van der Waals surface area contributed by atoms with Gasteiger partial charge in [-0.25, -0.2) is 9.48 Å². The van der Waals surface area contributed by atoms with Crippen LogP contribution in [-0.2, 0) is 20.7 Å². The maximum Gasteiger partial charge on any atom is 0.342 e. The van der Waals surface area contributed by atoms with Crippen molar-refractivity contribution < 1.29 is 19.1 Å². The van der Waals surface area contributed by atoms with E-state index in [9.17, 15) is 14.4 Å². The summed E-state index contributed by atoms with van der Waals surface area (Å²) in [5, 5.41) is 6.60. The molecule has 0 saturated heterocycles. The molecule has 1 aromatic heterocycles. The molecule has 7 heteroatoms. The number of aryl methyl sites for hydroxylation is 1. The Morgan fingerprint density at radius 2 is 1.55 bits per heavy atom. The normalized spacial score (nSPS) is 10.4. The molecular weight excluding hydrogens is 370 g/mol. The van der Waals surface area contributed by atoms with Gasteiger partial charge in [0.25, 0.3) is 5.91 Å². The van der Waals surface area contributed by atoms with Crippen molar-refractivity contribution in [1.82, 2.24) is 15.1 Å². The first-order valence-corrected chi connectivity index (χ1v) is 9.11. The molecule has 1 heterocycles. The van der Waals surface area contributed by atoms with Crippen LogP contribution < -0.4 is 5.32 Å². The highest BCUT2D eigenvalue weighted by atomic mass is 16.5. The number of imide groups is 1. The van der Waals surface area contributed by atoms with Gasteiger partial charge in [-0.3, -0.25) is 14.9 Å².